The first kappa shape index (κ1) is 16.2. The maximum Gasteiger partial charge on any atom is 0.303 e. The zero-order valence-corrected chi connectivity index (χ0v) is 13.5. The lowest BCUT2D eigenvalue weighted by Gasteiger charge is -2.27. The Morgan fingerprint density at radius 2 is 2.05 bits per heavy atom. The summed E-state index contributed by atoms with van der Waals surface area (Å²) in [4.78, 5) is 10.4. The van der Waals surface area contributed by atoms with E-state index in [1.165, 1.54) is 0 Å². The smallest absolute Gasteiger partial charge is 0.303 e. The van der Waals surface area contributed by atoms with E-state index < -0.39 is 5.97 Å². The van der Waals surface area contributed by atoms with E-state index in [0.29, 0.717) is 22.7 Å². The first-order valence-corrected chi connectivity index (χ1v) is 8.19. The molecular formula is C17H20BrFO2. The van der Waals surface area contributed by atoms with Crippen molar-refractivity contribution >= 4 is 21.9 Å². The zero-order valence-electron chi connectivity index (χ0n) is 11.9. The van der Waals surface area contributed by atoms with E-state index in [4.69, 9.17) is 5.11 Å². The molecule has 0 atom stereocenters. The number of allylic oxidation sites excluding steroid dienone is 2. The summed E-state index contributed by atoms with van der Waals surface area (Å²) in [6.45, 7) is 0. The van der Waals surface area contributed by atoms with Gasteiger partial charge in [-0.2, -0.15) is 0 Å². The molecule has 114 valence electrons. The summed E-state index contributed by atoms with van der Waals surface area (Å²) in [6.07, 6.45) is 9.25. The third-order valence-electron chi connectivity index (χ3n) is 4.12. The number of benzene rings is 1. The summed E-state index contributed by atoms with van der Waals surface area (Å²) in [5, 5.41) is 8.59. The van der Waals surface area contributed by atoms with Crippen LogP contribution >= 0.6 is 15.9 Å². The highest BCUT2D eigenvalue weighted by Gasteiger charge is 2.21. The van der Waals surface area contributed by atoms with Crippen molar-refractivity contribution in [2.24, 2.45) is 5.92 Å². The molecule has 1 aliphatic rings. The predicted octanol–water partition coefficient (Wildman–Crippen LogP) is 5.28. The fourth-order valence-corrected chi connectivity index (χ4v) is 3.15. The Morgan fingerprint density at radius 1 is 1.33 bits per heavy atom. The number of halogens is 2. The van der Waals surface area contributed by atoms with E-state index in [0.717, 1.165) is 31.2 Å². The van der Waals surface area contributed by atoms with Crippen LogP contribution in [0, 0.1) is 11.7 Å². The van der Waals surface area contributed by atoms with Crippen LogP contribution in [0.1, 0.15) is 50.0 Å². The fourth-order valence-electron chi connectivity index (χ4n) is 2.91. The molecule has 0 saturated heterocycles. The first-order valence-electron chi connectivity index (χ1n) is 7.39. The standard InChI is InChI=1S/C17H20BrFO2/c18-15-10-9-14(11-16(15)19)13-7-5-12(6-8-13)3-1-2-4-17(20)21/h1,3,9-13H,2,4-8H2,(H,20,21). The van der Waals surface area contributed by atoms with Gasteiger partial charge < -0.3 is 5.11 Å². The molecule has 1 aromatic carbocycles. The predicted molar refractivity (Wildman–Crippen MR) is 84.8 cm³/mol. The van der Waals surface area contributed by atoms with Gasteiger partial charge in [-0.3, -0.25) is 4.79 Å². The third-order valence-corrected chi connectivity index (χ3v) is 4.76. The SMILES string of the molecule is O=C(O)CCC=CC1CCC(c2ccc(Br)c(F)c2)CC1. The van der Waals surface area contributed by atoms with Crippen molar-refractivity contribution in [2.75, 3.05) is 0 Å². The molecule has 1 saturated carbocycles. The van der Waals surface area contributed by atoms with Crippen LogP contribution in [-0.2, 0) is 4.79 Å². The fraction of sp³-hybridized carbons (Fsp3) is 0.471. The molecule has 2 nitrogen and oxygen atoms in total. The average molecular weight is 355 g/mol. The molecule has 0 spiro atoms. The van der Waals surface area contributed by atoms with Gasteiger partial charge in [0.05, 0.1) is 4.47 Å². The number of aliphatic carboxylic acids is 1. The van der Waals surface area contributed by atoms with Crippen molar-refractivity contribution in [1.82, 2.24) is 0 Å². The Morgan fingerprint density at radius 3 is 2.67 bits per heavy atom. The minimum atomic E-state index is -0.749. The minimum Gasteiger partial charge on any atom is -0.481 e. The molecule has 1 aliphatic carbocycles. The van der Waals surface area contributed by atoms with Gasteiger partial charge in [0.1, 0.15) is 5.82 Å². The largest absolute Gasteiger partial charge is 0.481 e. The van der Waals surface area contributed by atoms with Gasteiger partial charge in [-0.25, -0.2) is 4.39 Å². The first-order chi connectivity index (χ1) is 10.1. The van der Waals surface area contributed by atoms with Crippen LogP contribution in [0.3, 0.4) is 0 Å². The molecule has 1 N–H and O–H groups in total. The number of carboxylic acid groups (broad SMARTS) is 1. The molecule has 1 aromatic rings. The highest BCUT2D eigenvalue weighted by atomic mass is 79.9. The van der Waals surface area contributed by atoms with E-state index in [-0.39, 0.29) is 12.2 Å². The lowest BCUT2D eigenvalue weighted by molar-refractivity contribution is -0.136. The van der Waals surface area contributed by atoms with E-state index in [9.17, 15) is 9.18 Å². The molecule has 0 radical (unpaired) electrons. The molecule has 2 rings (SSSR count). The number of hydrogen-bond acceptors (Lipinski definition) is 1. The van der Waals surface area contributed by atoms with E-state index >= 15 is 0 Å². The van der Waals surface area contributed by atoms with Crippen LogP contribution < -0.4 is 0 Å². The molecule has 21 heavy (non-hydrogen) atoms. The summed E-state index contributed by atoms with van der Waals surface area (Å²) in [5.41, 5.74) is 1.09. The Labute approximate surface area is 133 Å². The number of hydrogen-bond donors (Lipinski definition) is 1. The van der Waals surface area contributed by atoms with Crippen LogP contribution in [0.2, 0.25) is 0 Å². The molecule has 0 aromatic heterocycles. The zero-order chi connectivity index (χ0) is 15.2. The van der Waals surface area contributed by atoms with Gasteiger partial charge in [-0.1, -0.05) is 18.2 Å². The second kappa shape index (κ2) is 7.74. The van der Waals surface area contributed by atoms with E-state index in [2.05, 4.69) is 22.0 Å². The Balaban J connectivity index is 1.82. The molecule has 4 heteroatoms. The van der Waals surface area contributed by atoms with Crippen molar-refractivity contribution < 1.29 is 14.3 Å². The van der Waals surface area contributed by atoms with Crippen LogP contribution in [0.25, 0.3) is 0 Å². The third kappa shape index (κ3) is 4.95. The molecule has 0 amide bonds. The quantitative estimate of drug-likeness (QED) is 0.730. The van der Waals surface area contributed by atoms with Gasteiger partial charge in [0.15, 0.2) is 0 Å². The molecule has 1 fully saturated rings. The van der Waals surface area contributed by atoms with Crippen molar-refractivity contribution in [3.63, 3.8) is 0 Å². The van der Waals surface area contributed by atoms with Gasteiger partial charge in [0.2, 0.25) is 0 Å². The van der Waals surface area contributed by atoms with Crippen molar-refractivity contribution in [3.8, 4) is 0 Å². The van der Waals surface area contributed by atoms with Gasteiger partial charge in [0.25, 0.3) is 0 Å². The van der Waals surface area contributed by atoms with E-state index in [1.54, 1.807) is 12.1 Å². The Bertz CT molecular complexity index is 520. The molecule has 0 aliphatic heterocycles. The van der Waals surface area contributed by atoms with Gasteiger partial charge >= 0.3 is 5.97 Å². The average Bonchev–Trinajstić information content (AvgIpc) is 2.47. The summed E-state index contributed by atoms with van der Waals surface area (Å²) in [7, 11) is 0. The maximum absolute atomic E-state index is 13.6. The van der Waals surface area contributed by atoms with Gasteiger partial charge in [0, 0.05) is 6.42 Å². The van der Waals surface area contributed by atoms with Crippen molar-refractivity contribution in [2.45, 2.75) is 44.4 Å². The van der Waals surface area contributed by atoms with Crippen molar-refractivity contribution in [3.05, 3.63) is 46.2 Å². The van der Waals surface area contributed by atoms with Crippen LogP contribution in [0.15, 0.2) is 34.8 Å². The maximum atomic E-state index is 13.6. The van der Waals surface area contributed by atoms with Crippen molar-refractivity contribution in [1.29, 1.82) is 0 Å². The minimum absolute atomic E-state index is 0.191. The second-order valence-corrected chi connectivity index (χ2v) is 6.50. The number of carboxylic acids is 1. The normalized spacial score (nSPS) is 22.6. The van der Waals surface area contributed by atoms with Crippen LogP contribution in [-0.4, -0.2) is 11.1 Å². The highest BCUT2D eigenvalue weighted by molar-refractivity contribution is 9.10. The summed E-state index contributed by atoms with van der Waals surface area (Å²) >= 11 is 3.18. The molecular weight excluding hydrogens is 335 g/mol. The Hall–Kier alpha value is -1.16. The van der Waals surface area contributed by atoms with Gasteiger partial charge in [-0.15, -0.1) is 0 Å². The van der Waals surface area contributed by atoms with E-state index in [1.807, 2.05) is 12.1 Å². The summed E-state index contributed by atoms with van der Waals surface area (Å²) in [5.74, 6) is 0.0374. The monoisotopic (exact) mass is 354 g/mol. The lowest BCUT2D eigenvalue weighted by atomic mass is 9.78. The molecule has 0 heterocycles. The van der Waals surface area contributed by atoms with Crippen LogP contribution in [0.4, 0.5) is 4.39 Å². The molecule has 0 unspecified atom stereocenters. The summed E-state index contributed by atoms with van der Waals surface area (Å²) < 4.78 is 14.1. The second-order valence-electron chi connectivity index (χ2n) is 5.65. The summed E-state index contributed by atoms with van der Waals surface area (Å²) in [6, 6.07) is 5.42. The molecule has 0 bridgehead atoms. The topological polar surface area (TPSA) is 37.3 Å². The highest BCUT2D eigenvalue weighted by Crippen LogP contribution is 2.37. The Kier molecular flexibility index (Phi) is 5.97. The number of rotatable bonds is 5. The number of carbonyl (C=O) groups is 1. The van der Waals surface area contributed by atoms with Crippen LogP contribution in [0.5, 0.6) is 0 Å². The van der Waals surface area contributed by atoms with Gasteiger partial charge in [-0.05, 0) is 77.6 Å². The lowest BCUT2D eigenvalue weighted by Crippen LogP contribution is -2.12.